The van der Waals surface area contributed by atoms with Crippen molar-refractivity contribution in [3.8, 4) is 0 Å². The lowest BCUT2D eigenvalue weighted by Crippen LogP contribution is -2.13. The number of rotatable bonds is 5. The van der Waals surface area contributed by atoms with Gasteiger partial charge in [-0.05, 0) is 18.6 Å². The zero-order valence-electron chi connectivity index (χ0n) is 7.59. The number of hydrogen-bond donors (Lipinski definition) is 0. The summed E-state index contributed by atoms with van der Waals surface area (Å²) in [6, 6.07) is 0. The Hall–Kier alpha value is -1.18. The maximum absolute atomic E-state index is 11.1. The van der Waals surface area contributed by atoms with Gasteiger partial charge in [0.1, 0.15) is 0 Å². The molecule has 0 aliphatic rings. The third kappa shape index (κ3) is 3.28. The fourth-order valence-electron chi connectivity index (χ4n) is 0.754. The minimum atomic E-state index is -0.272. The van der Waals surface area contributed by atoms with E-state index in [-0.39, 0.29) is 23.9 Å². The quantitative estimate of drug-likeness (QED) is 0.585. The SMILES string of the molecule is C=CC(=O)C(C)CC(=O)C(=C)C. The number of ketones is 2. The molecule has 2 heteroatoms. The number of allylic oxidation sites excluding steroid dienone is 2. The minimum absolute atomic E-state index is 0.0577. The van der Waals surface area contributed by atoms with E-state index >= 15 is 0 Å². The van der Waals surface area contributed by atoms with Crippen molar-refractivity contribution in [2.45, 2.75) is 20.3 Å². The molecule has 0 rings (SSSR count). The van der Waals surface area contributed by atoms with E-state index in [2.05, 4.69) is 13.2 Å². The average molecular weight is 166 g/mol. The van der Waals surface area contributed by atoms with Crippen LogP contribution in [-0.2, 0) is 9.59 Å². The number of carbonyl (C=O) groups excluding carboxylic acids is 2. The van der Waals surface area contributed by atoms with Gasteiger partial charge in [0, 0.05) is 12.3 Å². The summed E-state index contributed by atoms with van der Waals surface area (Å²) in [6.07, 6.45) is 1.48. The first-order valence-corrected chi connectivity index (χ1v) is 3.84. The molecule has 1 unspecified atom stereocenters. The van der Waals surface area contributed by atoms with Crippen LogP contribution in [0.4, 0.5) is 0 Å². The van der Waals surface area contributed by atoms with Crippen molar-refractivity contribution in [2.24, 2.45) is 5.92 Å². The zero-order valence-corrected chi connectivity index (χ0v) is 7.59. The molecule has 66 valence electrons. The zero-order chi connectivity index (χ0) is 9.72. The van der Waals surface area contributed by atoms with Crippen molar-refractivity contribution >= 4 is 11.6 Å². The summed E-state index contributed by atoms with van der Waals surface area (Å²) in [5.74, 6) is -0.422. The second-order valence-corrected chi connectivity index (χ2v) is 2.92. The fourth-order valence-corrected chi connectivity index (χ4v) is 0.754. The molecule has 0 aromatic carbocycles. The van der Waals surface area contributed by atoms with E-state index in [4.69, 9.17) is 0 Å². The molecule has 0 amide bonds. The lowest BCUT2D eigenvalue weighted by atomic mass is 9.97. The van der Waals surface area contributed by atoms with Gasteiger partial charge in [-0.25, -0.2) is 0 Å². The lowest BCUT2D eigenvalue weighted by Gasteiger charge is -2.05. The van der Waals surface area contributed by atoms with Gasteiger partial charge in [-0.2, -0.15) is 0 Å². The molecular formula is C10H14O2. The van der Waals surface area contributed by atoms with E-state index in [1.807, 2.05) is 0 Å². The van der Waals surface area contributed by atoms with Crippen molar-refractivity contribution in [3.63, 3.8) is 0 Å². The molecule has 0 saturated carbocycles. The number of hydrogen-bond acceptors (Lipinski definition) is 2. The van der Waals surface area contributed by atoms with Gasteiger partial charge in [0.15, 0.2) is 11.6 Å². The molecule has 0 aromatic rings. The highest BCUT2D eigenvalue weighted by Gasteiger charge is 2.14. The molecule has 0 bridgehead atoms. The highest BCUT2D eigenvalue weighted by Crippen LogP contribution is 2.08. The molecular weight excluding hydrogens is 152 g/mol. The predicted molar refractivity (Wildman–Crippen MR) is 48.8 cm³/mol. The summed E-state index contributed by atoms with van der Waals surface area (Å²) in [4.78, 5) is 22.1. The largest absolute Gasteiger partial charge is 0.295 e. The van der Waals surface area contributed by atoms with Crippen LogP contribution in [0.3, 0.4) is 0 Å². The second kappa shape index (κ2) is 4.65. The van der Waals surface area contributed by atoms with Crippen LogP contribution in [0.5, 0.6) is 0 Å². The fraction of sp³-hybridized carbons (Fsp3) is 0.400. The highest BCUT2D eigenvalue weighted by molar-refractivity contribution is 5.99. The van der Waals surface area contributed by atoms with Crippen LogP contribution in [0.15, 0.2) is 24.8 Å². The smallest absolute Gasteiger partial charge is 0.158 e. The van der Waals surface area contributed by atoms with Crippen molar-refractivity contribution in [3.05, 3.63) is 24.8 Å². The molecule has 0 saturated heterocycles. The van der Waals surface area contributed by atoms with Gasteiger partial charge in [-0.15, -0.1) is 0 Å². The Bertz CT molecular complexity index is 226. The van der Waals surface area contributed by atoms with Gasteiger partial charge in [-0.3, -0.25) is 9.59 Å². The standard InChI is InChI=1S/C10H14O2/c1-5-9(11)8(4)6-10(12)7(2)3/h5,8H,1-2,6H2,3-4H3. The second-order valence-electron chi connectivity index (χ2n) is 2.92. The summed E-state index contributed by atoms with van der Waals surface area (Å²) < 4.78 is 0. The molecule has 0 aliphatic heterocycles. The molecule has 0 aromatic heterocycles. The first-order chi connectivity index (χ1) is 5.49. The van der Waals surface area contributed by atoms with E-state index in [0.717, 1.165) is 0 Å². The van der Waals surface area contributed by atoms with Crippen molar-refractivity contribution in [1.82, 2.24) is 0 Å². The summed E-state index contributed by atoms with van der Waals surface area (Å²) in [5, 5.41) is 0. The van der Waals surface area contributed by atoms with Crippen LogP contribution in [-0.4, -0.2) is 11.6 Å². The van der Waals surface area contributed by atoms with E-state index < -0.39 is 0 Å². The van der Waals surface area contributed by atoms with Crippen LogP contribution in [0.1, 0.15) is 20.3 Å². The van der Waals surface area contributed by atoms with Gasteiger partial charge in [0.25, 0.3) is 0 Å². The number of Topliss-reactive ketones (excluding diaryl/α,β-unsaturated/α-hetero) is 1. The molecule has 0 radical (unpaired) electrons. The van der Waals surface area contributed by atoms with Gasteiger partial charge in [0.05, 0.1) is 0 Å². The third-order valence-electron chi connectivity index (χ3n) is 1.65. The van der Waals surface area contributed by atoms with Gasteiger partial charge in [0.2, 0.25) is 0 Å². The summed E-state index contributed by atoms with van der Waals surface area (Å²) in [7, 11) is 0. The van der Waals surface area contributed by atoms with Crippen LogP contribution < -0.4 is 0 Å². The van der Waals surface area contributed by atoms with Crippen LogP contribution >= 0.6 is 0 Å². The Kier molecular flexibility index (Phi) is 4.19. The van der Waals surface area contributed by atoms with Gasteiger partial charge in [-0.1, -0.05) is 20.1 Å². The van der Waals surface area contributed by atoms with E-state index in [9.17, 15) is 9.59 Å². The molecule has 0 heterocycles. The molecule has 0 aliphatic carbocycles. The topological polar surface area (TPSA) is 34.1 Å². The lowest BCUT2D eigenvalue weighted by molar-refractivity contribution is -0.123. The van der Waals surface area contributed by atoms with Gasteiger partial charge >= 0.3 is 0 Å². The first-order valence-electron chi connectivity index (χ1n) is 3.84. The molecule has 0 spiro atoms. The van der Waals surface area contributed by atoms with Crippen LogP contribution in [0.25, 0.3) is 0 Å². The van der Waals surface area contributed by atoms with Crippen molar-refractivity contribution in [2.75, 3.05) is 0 Å². The maximum atomic E-state index is 11.1. The Labute approximate surface area is 73.0 Å². The van der Waals surface area contributed by atoms with E-state index in [0.29, 0.717) is 5.57 Å². The minimum Gasteiger partial charge on any atom is -0.295 e. The average Bonchev–Trinajstić information content (AvgIpc) is 2.02. The van der Waals surface area contributed by atoms with Gasteiger partial charge < -0.3 is 0 Å². The molecule has 0 fully saturated rings. The van der Waals surface area contributed by atoms with Crippen LogP contribution in [0, 0.1) is 5.92 Å². The first kappa shape index (κ1) is 10.8. The van der Waals surface area contributed by atoms with E-state index in [1.165, 1.54) is 6.08 Å². The number of carbonyl (C=O) groups is 2. The molecule has 0 N–H and O–H groups in total. The third-order valence-corrected chi connectivity index (χ3v) is 1.65. The Morgan fingerprint density at radius 1 is 1.50 bits per heavy atom. The molecule has 2 nitrogen and oxygen atoms in total. The van der Waals surface area contributed by atoms with Crippen molar-refractivity contribution < 1.29 is 9.59 Å². The highest BCUT2D eigenvalue weighted by atomic mass is 16.1. The van der Waals surface area contributed by atoms with Crippen molar-refractivity contribution in [1.29, 1.82) is 0 Å². The summed E-state index contributed by atoms with van der Waals surface area (Å²) >= 11 is 0. The molecule has 12 heavy (non-hydrogen) atoms. The molecule has 1 atom stereocenters. The maximum Gasteiger partial charge on any atom is 0.158 e. The Morgan fingerprint density at radius 3 is 2.33 bits per heavy atom. The predicted octanol–water partition coefficient (Wildman–Crippen LogP) is 1.91. The van der Waals surface area contributed by atoms with E-state index in [1.54, 1.807) is 13.8 Å². The van der Waals surface area contributed by atoms with Crippen LogP contribution in [0.2, 0.25) is 0 Å². The monoisotopic (exact) mass is 166 g/mol. The Balaban J connectivity index is 4.09. The Morgan fingerprint density at radius 2 is 2.00 bits per heavy atom. The normalized spacial score (nSPS) is 11.8. The summed E-state index contributed by atoms with van der Waals surface area (Å²) in [6.45, 7) is 10.2. The summed E-state index contributed by atoms with van der Waals surface area (Å²) in [5.41, 5.74) is 0.499.